The number of benzene rings is 1. The van der Waals surface area contributed by atoms with Crippen molar-refractivity contribution >= 4 is 0 Å². The summed E-state index contributed by atoms with van der Waals surface area (Å²) >= 11 is 0. The fourth-order valence-electron chi connectivity index (χ4n) is 1.80. The summed E-state index contributed by atoms with van der Waals surface area (Å²) in [5.74, 6) is 0. The van der Waals surface area contributed by atoms with Gasteiger partial charge in [0.15, 0.2) is 0 Å². The molecule has 0 spiro atoms. The van der Waals surface area contributed by atoms with Gasteiger partial charge >= 0.3 is 12.4 Å². The van der Waals surface area contributed by atoms with Crippen LogP contribution in [0.15, 0.2) is 30.5 Å². The number of aromatic nitrogens is 1. The average Bonchev–Trinajstić information content (AvgIpc) is 2.45. The maximum atomic E-state index is 12.9. The molecule has 0 atom stereocenters. The van der Waals surface area contributed by atoms with Crippen LogP contribution in [0.3, 0.4) is 0 Å². The first-order valence-corrected chi connectivity index (χ1v) is 5.71. The van der Waals surface area contributed by atoms with Gasteiger partial charge in [-0.05, 0) is 28.5 Å². The van der Waals surface area contributed by atoms with E-state index in [0.29, 0.717) is 6.07 Å². The number of hydrogen-bond acceptors (Lipinski definition) is 2. The number of halogens is 6. The van der Waals surface area contributed by atoms with Crippen molar-refractivity contribution in [3.63, 3.8) is 0 Å². The van der Waals surface area contributed by atoms with Gasteiger partial charge in [-0.3, -0.25) is 0 Å². The fraction of sp³-hybridized carbons (Fsp3) is 0.143. The van der Waals surface area contributed by atoms with E-state index in [4.69, 9.17) is 5.26 Å². The Morgan fingerprint density at radius 2 is 1.70 bits per heavy atom. The maximum Gasteiger partial charge on any atom is 0.401 e. The Balaban J connectivity index is 0.00000264. The van der Waals surface area contributed by atoms with Gasteiger partial charge < -0.3 is 4.98 Å². The van der Waals surface area contributed by atoms with Gasteiger partial charge in [-0.25, -0.2) is 5.26 Å². The van der Waals surface area contributed by atoms with Crippen molar-refractivity contribution in [2.75, 3.05) is 0 Å². The van der Waals surface area contributed by atoms with E-state index in [9.17, 15) is 26.3 Å². The molecule has 1 heterocycles. The first kappa shape index (κ1) is 19.1. The van der Waals surface area contributed by atoms with Gasteiger partial charge in [-0.1, -0.05) is 12.1 Å². The Morgan fingerprint density at radius 1 is 1.04 bits per heavy atom. The Labute approximate surface area is 140 Å². The van der Waals surface area contributed by atoms with Crippen LogP contribution in [-0.4, -0.2) is 4.98 Å². The molecule has 0 amide bonds. The van der Waals surface area contributed by atoms with E-state index >= 15 is 0 Å². The second kappa shape index (κ2) is 6.69. The van der Waals surface area contributed by atoms with Gasteiger partial charge in [-0.15, -0.1) is 17.7 Å². The van der Waals surface area contributed by atoms with E-state index in [-0.39, 0.29) is 25.8 Å². The SMILES string of the molecule is N#Cc1c(C(F)(F)F)[c-]c(-c2ccccn2)cc1C(F)(F)F.[Ir]. The molecule has 23 heavy (non-hydrogen) atoms. The molecule has 0 N–H and O–H groups in total. The van der Waals surface area contributed by atoms with Gasteiger partial charge in [-0.2, -0.15) is 26.3 Å². The zero-order chi connectivity index (χ0) is 16.5. The minimum absolute atomic E-state index is 0. The second-order valence-electron chi connectivity index (χ2n) is 4.17. The third-order valence-electron chi connectivity index (χ3n) is 2.71. The molecular formula is C14H5F6IrN2-. The summed E-state index contributed by atoms with van der Waals surface area (Å²) in [5, 5.41) is 8.70. The first-order valence-electron chi connectivity index (χ1n) is 5.71. The molecule has 2 aromatic rings. The summed E-state index contributed by atoms with van der Waals surface area (Å²) in [6.07, 6.45) is -9.03. The number of nitriles is 1. The molecule has 2 rings (SSSR count). The smallest absolute Gasteiger partial charge is 0.305 e. The Bertz CT molecular complexity index is 697. The van der Waals surface area contributed by atoms with Crippen molar-refractivity contribution in [2.24, 2.45) is 0 Å². The zero-order valence-corrected chi connectivity index (χ0v) is 13.3. The number of rotatable bonds is 1. The molecule has 0 aliphatic rings. The van der Waals surface area contributed by atoms with Crippen molar-refractivity contribution in [3.8, 4) is 17.3 Å². The number of nitrogens with zero attached hydrogens (tertiary/aromatic N) is 2. The van der Waals surface area contributed by atoms with Crippen LogP contribution in [-0.2, 0) is 32.5 Å². The number of hydrogen-bond donors (Lipinski definition) is 0. The molecule has 0 fully saturated rings. The Hall–Kier alpha value is -1.91. The number of alkyl halides is 6. The van der Waals surface area contributed by atoms with Gasteiger partial charge in [0, 0.05) is 32.4 Å². The molecule has 1 aromatic heterocycles. The predicted molar refractivity (Wildman–Crippen MR) is 63.2 cm³/mol. The molecular weight excluding hydrogens is 502 g/mol. The van der Waals surface area contributed by atoms with Crippen LogP contribution in [0.4, 0.5) is 26.3 Å². The van der Waals surface area contributed by atoms with E-state index in [2.05, 4.69) is 4.98 Å². The Kier molecular flexibility index (Phi) is 5.56. The van der Waals surface area contributed by atoms with Crippen molar-refractivity contribution in [1.29, 1.82) is 5.26 Å². The molecule has 0 bridgehead atoms. The summed E-state index contributed by atoms with van der Waals surface area (Å²) in [5.41, 5.74) is -5.52. The molecule has 0 unspecified atom stereocenters. The van der Waals surface area contributed by atoms with Gasteiger partial charge in [0.25, 0.3) is 0 Å². The van der Waals surface area contributed by atoms with Crippen LogP contribution < -0.4 is 0 Å². The zero-order valence-electron chi connectivity index (χ0n) is 10.9. The monoisotopic (exact) mass is 508 g/mol. The summed E-state index contributed by atoms with van der Waals surface area (Å²) < 4.78 is 77.6. The van der Waals surface area contributed by atoms with Gasteiger partial charge in [0.2, 0.25) is 0 Å². The summed E-state index contributed by atoms with van der Waals surface area (Å²) in [6.45, 7) is 0. The normalized spacial score (nSPS) is 11.5. The standard InChI is InChI=1S/C14H5F6N2.Ir/c15-13(16,17)10-5-8(12-3-1-2-4-22-12)6-11(9(10)7-21)14(18,19)20;/h1-5H;/q-1;. The molecule has 0 aliphatic carbocycles. The predicted octanol–water partition coefficient (Wildman–Crippen LogP) is 4.46. The van der Waals surface area contributed by atoms with Crippen LogP contribution in [0.1, 0.15) is 16.7 Å². The van der Waals surface area contributed by atoms with E-state index in [1.54, 1.807) is 0 Å². The van der Waals surface area contributed by atoms with E-state index < -0.39 is 34.6 Å². The van der Waals surface area contributed by atoms with Crippen LogP contribution in [0, 0.1) is 17.4 Å². The Morgan fingerprint density at radius 3 is 2.13 bits per heavy atom. The van der Waals surface area contributed by atoms with E-state index in [1.165, 1.54) is 24.4 Å². The van der Waals surface area contributed by atoms with Crippen molar-refractivity contribution in [3.05, 3.63) is 53.2 Å². The third kappa shape index (κ3) is 4.09. The minimum Gasteiger partial charge on any atom is -0.305 e. The molecule has 123 valence electrons. The first-order chi connectivity index (χ1) is 10.1. The molecule has 2 nitrogen and oxygen atoms in total. The van der Waals surface area contributed by atoms with Crippen LogP contribution in [0.5, 0.6) is 0 Å². The number of pyridine rings is 1. The maximum absolute atomic E-state index is 12.9. The van der Waals surface area contributed by atoms with E-state index in [0.717, 1.165) is 6.07 Å². The van der Waals surface area contributed by atoms with Crippen LogP contribution >= 0.6 is 0 Å². The van der Waals surface area contributed by atoms with E-state index in [1.807, 2.05) is 6.07 Å². The second-order valence-corrected chi connectivity index (χ2v) is 4.17. The van der Waals surface area contributed by atoms with Crippen LogP contribution in [0.2, 0.25) is 0 Å². The van der Waals surface area contributed by atoms with Gasteiger partial charge in [0.05, 0.1) is 0 Å². The summed E-state index contributed by atoms with van der Waals surface area (Å²) in [4.78, 5) is 3.70. The molecule has 9 heteroatoms. The quantitative estimate of drug-likeness (QED) is 0.423. The molecule has 0 saturated carbocycles. The van der Waals surface area contributed by atoms with Crippen molar-refractivity contribution < 1.29 is 46.4 Å². The molecule has 1 aromatic carbocycles. The van der Waals surface area contributed by atoms with Crippen molar-refractivity contribution in [1.82, 2.24) is 4.98 Å². The van der Waals surface area contributed by atoms with Crippen molar-refractivity contribution in [2.45, 2.75) is 12.4 Å². The van der Waals surface area contributed by atoms with Gasteiger partial charge in [0.1, 0.15) is 0 Å². The third-order valence-corrected chi connectivity index (χ3v) is 2.71. The summed E-state index contributed by atoms with van der Waals surface area (Å²) in [7, 11) is 0. The molecule has 0 aliphatic heterocycles. The minimum atomic E-state index is -5.14. The summed E-state index contributed by atoms with van der Waals surface area (Å²) in [6, 6.07) is 7.35. The largest absolute Gasteiger partial charge is 0.401 e. The molecule has 0 saturated heterocycles. The average molecular weight is 507 g/mol. The molecule has 1 radical (unpaired) electrons. The fourth-order valence-corrected chi connectivity index (χ4v) is 1.80. The topological polar surface area (TPSA) is 36.7 Å². The van der Waals surface area contributed by atoms with Crippen LogP contribution in [0.25, 0.3) is 11.3 Å².